The zero-order chi connectivity index (χ0) is 21.2. The summed E-state index contributed by atoms with van der Waals surface area (Å²) in [6.07, 6.45) is 5.80. The number of benzene rings is 2. The monoisotopic (exact) mass is 424 g/mol. The van der Waals surface area contributed by atoms with Gasteiger partial charge in [-0.3, -0.25) is 9.59 Å². The third-order valence-corrected chi connectivity index (χ3v) is 6.67. The highest BCUT2D eigenvalue weighted by molar-refractivity contribution is 8.00. The molecule has 0 heterocycles. The first-order valence-electron chi connectivity index (χ1n) is 11.0. The summed E-state index contributed by atoms with van der Waals surface area (Å²) in [5.41, 5.74) is 1.18. The van der Waals surface area contributed by atoms with Gasteiger partial charge in [-0.05, 0) is 43.4 Å². The molecule has 1 atom stereocenters. The van der Waals surface area contributed by atoms with Gasteiger partial charge in [-0.2, -0.15) is 0 Å². The van der Waals surface area contributed by atoms with E-state index in [4.69, 9.17) is 0 Å². The number of rotatable bonds is 10. The molecule has 4 nitrogen and oxygen atoms in total. The highest BCUT2D eigenvalue weighted by atomic mass is 32.2. The van der Waals surface area contributed by atoms with Gasteiger partial charge in [0.15, 0.2) is 0 Å². The average Bonchev–Trinajstić information content (AvgIpc) is 3.29. The van der Waals surface area contributed by atoms with Gasteiger partial charge in [0.1, 0.15) is 6.04 Å². The fourth-order valence-electron chi connectivity index (χ4n) is 4.01. The highest BCUT2D eigenvalue weighted by Crippen LogP contribution is 2.21. The van der Waals surface area contributed by atoms with E-state index in [1.54, 1.807) is 4.90 Å². The number of hydrogen-bond acceptors (Lipinski definition) is 3. The average molecular weight is 425 g/mol. The van der Waals surface area contributed by atoms with Crippen LogP contribution in [0.4, 0.5) is 0 Å². The minimum Gasteiger partial charge on any atom is -0.352 e. The van der Waals surface area contributed by atoms with E-state index in [1.165, 1.54) is 30.2 Å². The lowest BCUT2D eigenvalue weighted by Crippen LogP contribution is -2.52. The topological polar surface area (TPSA) is 49.4 Å². The Hall–Kier alpha value is -2.27. The molecule has 3 rings (SSSR count). The molecule has 1 aliphatic carbocycles. The van der Waals surface area contributed by atoms with Gasteiger partial charge in [0.25, 0.3) is 0 Å². The van der Waals surface area contributed by atoms with Crippen LogP contribution in [0, 0.1) is 0 Å². The number of amides is 2. The molecule has 0 bridgehead atoms. The summed E-state index contributed by atoms with van der Waals surface area (Å²) in [5.74, 6) is 0.357. The van der Waals surface area contributed by atoms with Gasteiger partial charge >= 0.3 is 0 Å². The lowest BCUT2D eigenvalue weighted by atomic mass is 10.1. The van der Waals surface area contributed by atoms with Crippen LogP contribution in [0.3, 0.4) is 0 Å². The Labute approximate surface area is 184 Å². The lowest BCUT2D eigenvalue weighted by molar-refractivity contribution is -0.139. The summed E-state index contributed by atoms with van der Waals surface area (Å²) in [6, 6.07) is 19.9. The molecule has 160 valence electrons. The molecule has 2 aromatic rings. The maximum Gasteiger partial charge on any atom is 0.243 e. The van der Waals surface area contributed by atoms with Crippen molar-refractivity contribution in [1.82, 2.24) is 10.2 Å². The van der Waals surface area contributed by atoms with Crippen LogP contribution in [0.1, 0.15) is 44.6 Å². The van der Waals surface area contributed by atoms with Gasteiger partial charge < -0.3 is 10.2 Å². The van der Waals surface area contributed by atoms with Crippen LogP contribution in [-0.2, 0) is 16.0 Å². The highest BCUT2D eigenvalue weighted by Gasteiger charge is 2.30. The molecule has 0 spiro atoms. The molecule has 0 saturated heterocycles. The van der Waals surface area contributed by atoms with E-state index in [9.17, 15) is 9.59 Å². The van der Waals surface area contributed by atoms with E-state index in [1.807, 2.05) is 55.5 Å². The third-order valence-electron chi connectivity index (χ3n) is 5.68. The molecule has 0 unspecified atom stereocenters. The molecule has 30 heavy (non-hydrogen) atoms. The summed E-state index contributed by atoms with van der Waals surface area (Å²) in [4.78, 5) is 29.1. The van der Waals surface area contributed by atoms with Crippen molar-refractivity contribution in [2.24, 2.45) is 0 Å². The normalized spacial score (nSPS) is 15.0. The van der Waals surface area contributed by atoms with Gasteiger partial charge in [-0.1, -0.05) is 68.3 Å². The molecular formula is C25H32N2O2S. The van der Waals surface area contributed by atoms with E-state index in [0.717, 1.165) is 24.2 Å². The summed E-state index contributed by atoms with van der Waals surface area (Å²) < 4.78 is 0. The largest absolute Gasteiger partial charge is 0.352 e. The second-order valence-electron chi connectivity index (χ2n) is 7.84. The van der Waals surface area contributed by atoms with Gasteiger partial charge in [-0.15, -0.1) is 11.8 Å². The molecule has 0 aliphatic heterocycles. The van der Waals surface area contributed by atoms with Crippen LogP contribution in [-0.4, -0.2) is 41.1 Å². The zero-order valence-corrected chi connectivity index (χ0v) is 18.6. The molecule has 2 amide bonds. The zero-order valence-electron chi connectivity index (χ0n) is 17.8. The summed E-state index contributed by atoms with van der Waals surface area (Å²) in [6.45, 7) is 2.54. The van der Waals surface area contributed by atoms with Crippen molar-refractivity contribution < 1.29 is 9.59 Å². The Morgan fingerprint density at radius 1 is 1.03 bits per heavy atom. The van der Waals surface area contributed by atoms with Crippen molar-refractivity contribution in [3.05, 3.63) is 66.2 Å². The number of nitrogens with zero attached hydrogens (tertiary/aromatic N) is 1. The van der Waals surface area contributed by atoms with Crippen molar-refractivity contribution in [1.29, 1.82) is 0 Å². The Morgan fingerprint density at radius 3 is 2.30 bits per heavy atom. The predicted octanol–water partition coefficient (Wildman–Crippen LogP) is 4.69. The molecule has 1 fully saturated rings. The van der Waals surface area contributed by atoms with E-state index in [-0.39, 0.29) is 17.9 Å². The number of carbonyl (C=O) groups is 2. The smallest absolute Gasteiger partial charge is 0.243 e. The Morgan fingerprint density at radius 2 is 1.67 bits per heavy atom. The molecule has 0 radical (unpaired) electrons. The Kier molecular flexibility index (Phi) is 8.81. The molecular weight excluding hydrogens is 392 g/mol. The number of hydrogen-bond donors (Lipinski definition) is 1. The van der Waals surface area contributed by atoms with E-state index in [2.05, 4.69) is 17.4 Å². The number of thioether (sulfide) groups is 1. The Bertz CT molecular complexity index is 791. The van der Waals surface area contributed by atoms with Gasteiger partial charge in [0.05, 0.1) is 5.75 Å². The number of nitrogens with one attached hydrogen (secondary N) is 1. The molecule has 2 aromatic carbocycles. The van der Waals surface area contributed by atoms with Crippen LogP contribution in [0.15, 0.2) is 65.6 Å². The maximum atomic E-state index is 13.2. The summed E-state index contributed by atoms with van der Waals surface area (Å²) >= 11 is 1.53. The van der Waals surface area contributed by atoms with E-state index in [0.29, 0.717) is 18.7 Å². The van der Waals surface area contributed by atoms with Crippen LogP contribution in [0.25, 0.3) is 0 Å². The van der Waals surface area contributed by atoms with Crippen molar-refractivity contribution in [3.8, 4) is 0 Å². The first kappa shape index (κ1) is 22.4. The van der Waals surface area contributed by atoms with Crippen LogP contribution < -0.4 is 5.32 Å². The summed E-state index contributed by atoms with van der Waals surface area (Å²) in [7, 11) is 0. The fourth-order valence-corrected chi connectivity index (χ4v) is 4.81. The van der Waals surface area contributed by atoms with Crippen molar-refractivity contribution in [2.45, 2.75) is 62.4 Å². The minimum atomic E-state index is -0.418. The minimum absolute atomic E-state index is 0.00415. The second-order valence-corrected chi connectivity index (χ2v) is 8.89. The van der Waals surface area contributed by atoms with Gasteiger partial charge in [0, 0.05) is 17.5 Å². The molecule has 1 aliphatic rings. The van der Waals surface area contributed by atoms with E-state index < -0.39 is 6.04 Å². The van der Waals surface area contributed by atoms with Crippen LogP contribution >= 0.6 is 11.8 Å². The van der Waals surface area contributed by atoms with Crippen molar-refractivity contribution >= 4 is 23.6 Å². The SMILES string of the molecule is CC[C@@H](C(=O)NC1CCCC1)N(CCc1ccccc1)C(=O)CSc1ccccc1. The lowest BCUT2D eigenvalue weighted by Gasteiger charge is -2.31. The predicted molar refractivity (Wildman–Crippen MR) is 124 cm³/mol. The first-order chi connectivity index (χ1) is 14.7. The maximum absolute atomic E-state index is 13.2. The molecule has 1 N–H and O–H groups in total. The van der Waals surface area contributed by atoms with Crippen molar-refractivity contribution in [2.75, 3.05) is 12.3 Å². The van der Waals surface area contributed by atoms with Crippen LogP contribution in [0.5, 0.6) is 0 Å². The van der Waals surface area contributed by atoms with Gasteiger partial charge in [-0.25, -0.2) is 0 Å². The molecule has 0 aromatic heterocycles. The fraction of sp³-hybridized carbons (Fsp3) is 0.440. The van der Waals surface area contributed by atoms with E-state index >= 15 is 0 Å². The van der Waals surface area contributed by atoms with Gasteiger partial charge in [0.2, 0.25) is 11.8 Å². The number of carbonyl (C=O) groups excluding carboxylic acids is 2. The quantitative estimate of drug-likeness (QED) is 0.563. The van der Waals surface area contributed by atoms with Crippen molar-refractivity contribution in [3.63, 3.8) is 0 Å². The summed E-state index contributed by atoms with van der Waals surface area (Å²) in [5, 5.41) is 3.20. The van der Waals surface area contributed by atoms with Crippen LogP contribution in [0.2, 0.25) is 0 Å². The first-order valence-corrected chi connectivity index (χ1v) is 12.0. The molecule has 5 heteroatoms. The molecule has 1 saturated carbocycles. The third kappa shape index (κ3) is 6.63. The standard InChI is InChI=1S/C25H32N2O2S/c1-2-23(25(29)26-21-13-9-10-14-21)27(18-17-20-11-5-3-6-12-20)24(28)19-30-22-15-7-4-8-16-22/h3-8,11-12,15-16,21,23H,2,9-10,13-14,17-19H2,1H3,(H,26,29)/t23-/m0/s1. The Balaban J connectivity index is 1.68. The second kappa shape index (κ2) is 11.8.